The standard InChI is InChI=1S/C20H22.C19H18.C17H18.2C13H12/c1-3-6-16-11-13-20(2,14-12-16)19-10-9-17-7-4-5-8-18(17)15-19;1-2-5-15-8-10-17(11-9-15)19-13-12-16-6-3-4-7-18(16)14-19;1-11-5-7-13-14-8-6-12(2)10-16(14)17(3,4)15(13)9-11;2*1-11-7-9-13(10-8-11)12-5-3-2-4-6-12/h4-5,7-13,15H,3,6,14H2,1-2H3;3-4,6-14H,2,5H2,1H3;5-10H,1-4H3;2*2-10H,1H3. The van der Waals surface area contributed by atoms with E-state index in [1.54, 1.807) is 0 Å². The zero-order valence-corrected chi connectivity index (χ0v) is 50.0. The molecule has 11 aromatic carbocycles. The van der Waals surface area contributed by atoms with E-state index in [9.17, 15) is 0 Å². The van der Waals surface area contributed by atoms with Gasteiger partial charge in [0.1, 0.15) is 0 Å². The predicted molar refractivity (Wildman–Crippen MR) is 358 cm³/mol. The van der Waals surface area contributed by atoms with Gasteiger partial charge in [0.15, 0.2) is 0 Å². The van der Waals surface area contributed by atoms with E-state index in [1.807, 2.05) is 12.1 Å². The van der Waals surface area contributed by atoms with Crippen LogP contribution in [0.4, 0.5) is 0 Å². The van der Waals surface area contributed by atoms with Crippen LogP contribution in [0.5, 0.6) is 0 Å². The molecule has 82 heavy (non-hydrogen) atoms. The molecule has 0 fully saturated rings. The summed E-state index contributed by atoms with van der Waals surface area (Å²) in [5.74, 6) is 0. The highest BCUT2D eigenvalue weighted by Crippen LogP contribution is 2.49. The van der Waals surface area contributed by atoms with Crippen molar-refractivity contribution in [3.8, 4) is 44.5 Å². The fourth-order valence-corrected chi connectivity index (χ4v) is 11.2. The van der Waals surface area contributed by atoms with Crippen molar-refractivity contribution in [3.63, 3.8) is 0 Å². The van der Waals surface area contributed by atoms with Gasteiger partial charge in [-0.2, -0.15) is 0 Å². The van der Waals surface area contributed by atoms with Gasteiger partial charge in [-0.3, -0.25) is 0 Å². The molecule has 410 valence electrons. The quantitative estimate of drug-likeness (QED) is 0.142. The molecule has 2 aliphatic carbocycles. The van der Waals surface area contributed by atoms with Crippen LogP contribution in [0.15, 0.2) is 279 Å². The van der Waals surface area contributed by atoms with Crippen molar-refractivity contribution >= 4 is 21.5 Å². The molecule has 0 heteroatoms. The summed E-state index contributed by atoms with van der Waals surface area (Å²) >= 11 is 0. The minimum atomic E-state index is 0.140. The highest BCUT2D eigenvalue weighted by Gasteiger charge is 2.35. The highest BCUT2D eigenvalue weighted by molar-refractivity contribution is 5.87. The molecule has 0 aromatic heterocycles. The minimum absolute atomic E-state index is 0.140. The molecule has 0 nitrogen and oxygen atoms in total. The lowest BCUT2D eigenvalue weighted by molar-refractivity contribution is 0.594. The Morgan fingerprint density at radius 2 is 0.744 bits per heavy atom. The molecule has 11 aromatic rings. The lowest BCUT2D eigenvalue weighted by Crippen LogP contribution is -2.20. The monoisotopic (exact) mass is 1070 g/mol. The Morgan fingerprint density at radius 1 is 0.341 bits per heavy atom. The van der Waals surface area contributed by atoms with E-state index >= 15 is 0 Å². The third kappa shape index (κ3) is 14.7. The Kier molecular flexibility index (Phi) is 19.3. The molecule has 0 saturated heterocycles. The van der Waals surface area contributed by atoms with Crippen LogP contribution in [0.1, 0.15) is 105 Å². The average molecular weight is 1070 g/mol. The van der Waals surface area contributed by atoms with Crippen LogP contribution in [0.25, 0.3) is 66.1 Å². The van der Waals surface area contributed by atoms with Crippen molar-refractivity contribution < 1.29 is 0 Å². The second-order valence-corrected chi connectivity index (χ2v) is 23.2. The van der Waals surface area contributed by atoms with Gasteiger partial charge >= 0.3 is 0 Å². The van der Waals surface area contributed by atoms with E-state index in [2.05, 4.69) is 323 Å². The smallest absolute Gasteiger partial charge is 0.0159 e. The number of fused-ring (bicyclic) bond motifs is 5. The Hall–Kier alpha value is -8.58. The molecule has 0 bridgehead atoms. The average Bonchev–Trinajstić information content (AvgIpc) is 2.43. The first kappa shape index (κ1) is 58.1. The van der Waals surface area contributed by atoms with Crippen LogP contribution < -0.4 is 0 Å². The van der Waals surface area contributed by atoms with E-state index in [4.69, 9.17) is 0 Å². The first-order valence-electron chi connectivity index (χ1n) is 29.7. The van der Waals surface area contributed by atoms with E-state index in [0.717, 1.165) is 12.8 Å². The summed E-state index contributed by atoms with van der Waals surface area (Å²) in [6.07, 6.45) is 13.0. The number of aryl methyl sites for hydroxylation is 5. The zero-order valence-electron chi connectivity index (χ0n) is 50.0. The Bertz CT molecular complexity index is 3760. The molecule has 0 saturated carbocycles. The Balaban J connectivity index is 0.000000125. The summed E-state index contributed by atoms with van der Waals surface area (Å²) in [7, 11) is 0. The van der Waals surface area contributed by atoms with Gasteiger partial charge < -0.3 is 0 Å². The van der Waals surface area contributed by atoms with Crippen molar-refractivity contribution in [2.45, 2.75) is 105 Å². The van der Waals surface area contributed by atoms with E-state index in [-0.39, 0.29) is 10.8 Å². The van der Waals surface area contributed by atoms with Crippen LogP contribution in [0.3, 0.4) is 0 Å². The summed E-state index contributed by atoms with van der Waals surface area (Å²) in [5.41, 5.74) is 23.4. The molecular weight excluding hydrogens is 985 g/mol. The Morgan fingerprint density at radius 3 is 1.22 bits per heavy atom. The number of hydrogen-bond acceptors (Lipinski definition) is 0. The van der Waals surface area contributed by atoms with Crippen LogP contribution in [0, 0.1) is 27.7 Å². The molecule has 1 atom stereocenters. The zero-order chi connectivity index (χ0) is 57.5. The predicted octanol–water partition coefficient (Wildman–Crippen LogP) is 23.2. The lowest BCUT2D eigenvalue weighted by Gasteiger charge is -2.29. The molecule has 13 rings (SSSR count). The molecule has 0 amide bonds. The second kappa shape index (κ2) is 27.3. The molecule has 0 heterocycles. The number of rotatable bonds is 8. The molecule has 0 radical (unpaired) electrons. The van der Waals surface area contributed by atoms with Gasteiger partial charge in [0.05, 0.1) is 0 Å². The maximum Gasteiger partial charge on any atom is 0.0159 e. The first-order chi connectivity index (χ1) is 39.8. The Labute approximate surface area is 491 Å². The van der Waals surface area contributed by atoms with Gasteiger partial charge in [-0.15, -0.1) is 0 Å². The molecular formula is C82H82. The van der Waals surface area contributed by atoms with Gasteiger partial charge in [-0.05, 0) is 141 Å². The van der Waals surface area contributed by atoms with Crippen LogP contribution in [-0.2, 0) is 17.3 Å². The molecule has 1 unspecified atom stereocenters. The van der Waals surface area contributed by atoms with Crippen molar-refractivity contribution in [1.29, 1.82) is 0 Å². The van der Waals surface area contributed by atoms with Crippen molar-refractivity contribution in [2.75, 3.05) is 0 Å². The molecule has 0 spiro atoms. The van der Waals surface area contributed by atoms with Crippen molar-refractivity contribution in [3.05, 3.63) is 323 Å². The fraction of sp³-hybridized carbons (Fsp3) is 0.195. The number of benzene rings is 11. The summed E-state index contributed by atoms with van der Waals surface area (Å²) in [6.45, 7) is 20.0. The number of hydrogen-bond donors (Lipinski definition) is 0. The normalized spacial score (nSPS) is 14.2. The van der Waals surface area contributed by atoms with Gasteiger partial charge in [0.2, 0.25) is 0 Å². The van der Waals surface area contributed by atoms with Gasteiger partial charge in [0.25, 0.3) is 0 Å². The molecule has 0 N–H and O–H groups in total. The van der Waals surface area contributed by atoms with E-state index < -0.39 is 0 Å². The van der Waals surface area contributed by atoms with Crippen molar-refractivity contribution in [2.24, 2.45) is 0 Å². The van der Waals surface area contributed by atoms with Gasteiger partial charge in [-0.1, -0.05) is 342 Å². The largest absolute Gasteiger partial charge is 0.0801 e. The minimum Gasteiger partial charge on any atom is -0.0801 e. The molecule has 2 aliphatic rings. The van der Waals surface area contributed by atoms with E-state index in [0.29, 0.717) is 0 Å². The third-order valence-corrected chi connectivity index (χ3v) is 16.3. The fourth-order valence-electron chi connectivity index (χ4n) is 11.2. The van der Waals surface area contributed by atoms with Gasteiger partial charge in [-0.25, -0.2) is 0 Å². The van der Waals surface area contributed by atoms with E-state index in [1.165, 1.54) is 135 Å². The topological polar surface area (TPSA) is 0 Å². The second-order valence-electron chi connectivity index (χ2n) is 23.2. The first-order valence-corrected chi connectivity index (χ1v) is 29.7. The van der Waals surface area contributed by atoms with Crippen LogP contribution in [0.2, 0.25) is 0 Å². The third-order valence-electron chi connectivity index (χ3n) is 16.3. The highest BCUT2D eigenvalue weighted by atomic mass is 14.4. The maximum atomic E-state index is 2.42. The van der Waals surface area contributed by atoms with Gasteiger partial charge in [0, 0.05) is 10.8 Å². The molecule has 0 aliphatic heterocycles. The number of allylic oxidation sites excluding steroid dienone is 4. The summed E-state index contributed by atoms with van der Waals surface area (Å²) in [5, 5.41) is 5.26. The lowest BCUT2D eigenvalue weighted by atomic mass is 9.75. The van der Waals surface area contributed by atoms with Crippen molar-refractivity contribution in [1.82, 2.24) is 0 Å². The summed E-state index contributed by atoms with van der Waals surface area (Å²) < 4.78 is 0. The SMILES string of the molecule is CCCC1=CCC(C)(c2ccc3ccccc3c2)C=C1.CCCc1ccc(-c2ccc3ccccc3c2)cc1.Cc1ccc(-c2ccccc2)cc1.Cc1ccc(-c2ccccc2)cc1.Cc1ccc2c(c1)C(C)(C)c1cc(C)ccc1-2. The maximum absolute atomic E-state index is 2.42. The summed E-state index contributed by atoms with van der Waals surface area (Å²) in [4.78, 5) is 0. The summed E-state index contributed by atoms with van der Waals surface area (Å²) in [6, 6.07) is 91.3. The van der Waals surface area contributed by atoms with Crippen LogP contribution >= 0.6 is 0 Å². The van der Waals surface area contributed by atoms with Crippen LogP contribution in [-0.4, -0.2) is 0 Å².